The molecule has 19 heavy (non-hydrogen) atoms. The summed E-state index contributed by atoms with van der Waals surface area (Å²) in [5, 5.41) is 14.9. The van der Waals surface area contributed by atoms with E-state index in [-0.39, 0.29) is 13.1 Å². The number of rotatable bonds is 5. The second-order valence-electron chi connectivity index (χ2n) is 5.05. The van der Waals surface area contributed by atoms with Crippen molar-refractivity contribution in [3.05, 3.63) is 11.6 Å². The minimum absolute atomic E-state index is 0.156. The average molecular weight is 289 g/mol. The first kappa shape index (κ1) is 15.8. The van der Waals surface area contributed by atoms with Crippen molar-refractivity contribution in [2.45, 2.75) is 38.5 Å². The highest BCUT2D eigenvalue weighted by molar-refractivity contribution is 6.29. The van der Waals surface area contributed by atoms with Crippen LogP contribution < -0.4 is 10.6 Å². The normalized spacial score (nSPS) is 18.2. The molecule has 0 bridgehead atoms. The number of amides is 2. The van der Waals surface area contributed by atoms with Crippen LogP contribution in [0.2, 0.25) is 0 Å². The van der Waals surface area contributed by atoms with Gasteiger partial charge in [0.2, 0.25) is 0 Å². The summed E-state index contributed by atoms with van der Waals surface area (Å²) in [5.74, 6) is -0.823. The van der Waals surface area contributed by atoms with E-state index in [4.69, 9.17) is 11.6 Å². The zero-order valence-electron chi connectivity index (χ0n) is 11.0. The zero-order valence-corrected chi connectivity index (χ0v) is 11.8. The van der Waals surface area contributed by atoms with Gasteiger partial charge in [-0.1, -0.05) is 43.9 Å². The van der Waals surface area contributed by atoms with Crippen LogP contribution in [0, 0.1) is 5.41 Å². The van der Waals surface area contributed by atoms with E-state index < -0.39 is 17.4 Å². The summed E-state index contributed by atoms with van der Waals surface area (Å²) in [4.78, 5) is 23.0. The quantitative estimate of drug-likeness (QED) is 0.680. The van der Waals surface area contributed by atoms with Crippen LogP contribution in [-0.2, 0) is 4.79 Å². The predicted molar refractivity (Wildman–Crippen MR) is 74.2 cm³/mol. The number of carboxylic acid groups (broad SMARTS) is 1. The first-order valence-electron chi connectivity index (χ1n) is 6.55. The maximum atomic E-state index is 11.5. The minimum atomic E-state index is -0.828. The van der Waals surface area contributed by atoms with Gasteiger partial charge in [-0.2, -0.15) is 0 Å². The number of carbonyl (C=O) groups excluding carboxylic acids is 1. The fraction of sp³-hybridized carbons (Fsp3) is 0.692. The highest BCUT2D eigenvalue weighted by Gasteiger charge is 2.38. The SMILES string of the molecule is C=C(Cl)CNC(=O)NCC1(C(=O)O)CCCCCC1. The Labute approximate surface area is 118 Å². The van der Waals surface area contributed by atoms with Gasteiger partial charge in [-0.15, -0.1) is 0 Å². The molecular weight excluding hydrogens is 268 g/mol. The molecule has 0 aromatic rings. The fourth-order valence-electron chi connectivity index (χ4n) is 2.36. The van der Waals surface area contributed by atoms with Crippen LogP contribution in [0.15, 0.2) is 11.6 Å². The fourth-order valence-corrected chi connectivity index (χ4v) is 2.43. The van der Waals surface area contributed by atoms with E-state index >= 15 is 0 Å². The van der Waals surface area contributed by atoms with Gasteiger partial charge in [0.1, 0.15) is 0 Å². The number of halogens is 1. The zero-order chi connectivity index (χ0) is 14.3. The third-order valence-corrected chi connectivity index (χ3v) is 3.68. The molecule has 108 valence electrons. The molecule has 1 rings (SSSR count). The standard InChI is InChI=1S/C13H21ClN2O3/c1-10(14)8-15-12(19)16-9-13(11(17)18)6-4-2-3-5-7-13/h1-9H2,(H,17,18)(H2,15,16,19). The Hall–Kier alpha value is -1.23. The Morgan fingerprint density at radius 3 is 2.21 bits per heavy atom. The van der Waals surface area contributed by atoms with Gasteiger partial charge in [-0.25, -0.2) is 4.79 Å². The van der Waals surface area contributed by atoms with E-state index in [2.05, 4.69) is 17.2 Å². The molecule has 0 unspecified atom stereocenters. The van der Waals surface area contributed by atoms with E-state index in [0.717, 1.165) is 25.7 Å². The van der Waals surface area contributed by atoms with Crippen molar-refractivity contribution in [3.63, 3.8) is 0 Å². The number of carbonyl (C=O) groups is 2. The lowest BCUT2D eigenvalue weighted by atomic mass is 9.80. The highest BCUT2D eigenvalue weighted by Crippen LogP contribution is 2.34. The van der Waals surface area contributed by atoms with Gasteiger partial charge in [-0.05, 0) is 12.8 Å². The third kappa shape index (κ3) is 5.11. The average Bonchev–Trinajstić information content (AvgIpc) is 2.60. The number of urea groups is 1. The Morgan fingerprint density at radius 1 is 1.16 bits per heavy atom. The summed E-state index contributed by atoms with van der Waals surface area (Å²) in [5.41, 5.74) is -0.828. The molecule has 0 spiro atoms. The summed E-state index contributed by atoms with van der Waals surface area (Å²) in [7, 11) is 0. The van der Waals surface area contributed by atoms with Gasteiger partial charge in [0.25, 0.3) is 0 Å². The largest absolute Gasteiger partial charge is 0.481 e. The van der Waals surface area contributed by atoms with Crippen molar-refractivity contribution in [1.29, 1.82) is 0 Å². The maximum Gasteiger partial charge on any atom is 0.315 e. The van der Waals surface area contributed by atoms with Gasteiger partial charge in [0.05, 0.1) is 12.0 Å². The number of hydrogen-bond acceptors (Lipinski definition) is 2. The van der Waals surface area contributed by atoms with Crippen molar-refractivity contribution in [2.24, 2.45) is 5.41 Å². The smallest absolute Gasteiger partial charge is 0.315 e. The molecule has 1 aliphatic carbocycles. The van der Waals surface area contributed by atoms with Crippen LogP contribution in [0.25, 0.3) is 0 Å². The van der Waals surface area contributed by atoms with Crippen LogP contribution in [0.1, 0.15) is 38.5 Å². The van der Waals surface area contributed by atoms with Crippen molar-refractivity contribution < 1.29 is 14.7 Å². The molecule has 0 radical (unpaired) electrons. The minimum Gasteiger partial charge on any atom is -0.481 e. The molecule has 1 aliphatic rings. The van der Waals surface area contributed by atoms with E-state index in [1.807, 2.05) is 0 Å². The van der Waals surface area contributed by atoms with Gasteiger partial charge < -0.3 is 15.7 Å². The maximum absolute atomic E-state index is 11.5. The molecule has 2 amide bonds. The molecule has 0 aliphatic heterocycles. The Morgan fingerprint density at radius 2 is 1.74 bits per heavy atom. The lowest BCUT2D eigenvalue weighted by molar-refractivity contribution is -0.149. The number of carboxylic acids is 1. The molecule has 5 nitrogen and oxygen atoms in total. The van der Waals surface area contributed by atoms with Crippen molar-refractivity contribution in [2.75, 3.05) is 13.1 Å². The van der Waals surface area contributed by atoms with E-state index in [1.54, 1.807) is 0 Å². The molecule has 0 aromatic heterocycles. The summed E-state index contributed by atoms with van der Waals surface area (Å²) in [6.45, 7) is 3.79. The number of nitrogens with one attached hydrogen (secondary N) is 2. The molecular formula is C13H21ClN2O3. The molecule has 0 aromatic carbocycles. The molecule has 1 saturated carbocycles. The number of hydrogen-bond donors (Lipinski definition) is 3. The predicted octanol–water partition coefficient (Wildman–Crippen LogP) is 2.46. The van der Waals surface area contributed by atoms with Gasteiger partial charge in [0, 0.05) is 11.6 Å². The van der Waals surface area contributed by atoms with Crippen LogP contribution in [-0.4, -0.2) is 30.2 Å². The van der Waals surface area contributed by atoms with Gasteiger partial charge in [0.15, 0.2) is 0 Å². The highest BCUT2D eigenvalue weighted by atomic mass is 35.5. The Balaban J connectivity index is 2.51. The molecule has 1 fully saturated rings. The lowest BCUT2D eigenvalue weighted by Gasteiger charge is -2.28. The molecule has 3 N–H and O–H groups in total. The van der Waals surface area contributed by atoms with Crippen LogP contribution in [0.5, 0.6) is 0 Å². The van der Waals surface area contributed by atoms with E-state index in [1.165, 1.54) is 0 Å². The van der Waals surface area contributed by atoms with E-state index in [9.17, 15) is 14.7 Å². The summed E-state index contributed by atoms with van der Waals surface area (Å²) < 4.78 is 0. The van der Waals surface area contributed by atoms with Crippen LogP contribution in [0.4, 0.5) is 4.79 Å². The summed E-state index contributed by atoms with van der Waals surface area (Å²) >= 11 is 5.54. The van der Waals surface area contributed by atoms with Crippen molar-refractivity contribution in [3.8, 4) is 0 Å². The first-order chi connectivity index (χ1) is 8.96. The second kappa shape index (κ2) is 7.38. The van der Waals surface area contributed by atoms with E-state index in [0.29, 0.717) is 17.9 Å². The first-order valence-corrected chi connectivity index (χ1v) is 6.92. The third-order valence-electron chi connectivity index (χ3n) is 3.54. The molecule has 6 heteroatoms. The summed E-state index contributed by atoms with van der Waals surface area (Å²) in [6, 6.07) is -0.410. The second-order valence-corrected chi connectivity index (χ2v) is 5.59. The summed E-state index contributed by atoms with van der Waals surface area (Å²) in [6.07, 6.45) is 5.15. The monoisotopic (exact) mass is 288 g/mol. The van der Waals surface area contributed by atoms with Gasteiger partial charge >= 0.3 is 12.0 Å². The number of aliphatic carboxylic acids is 1. The van der Waals surface area contributed by atoms with Crippen molar-refractivity contribution >= 4 is 23.6 Å². The molecule has 0 atom stereocenters. The van der Waals surface area contributed by atoms with Crippen LogP contribution >= 0.6 is 11.6 Å². The van der Waals surface area contributed by atoms with Crippen molar-refractivity contribution in [1.82, 2.24) is 10.6 Å². The lowest BCUT2D eigenvalue weighted by Crippen LogP contribution is -2.46. The molecule has 0 saturated heterocycles. The topological polar surface area (TPSA) is 78.4 Å². The Bertz CT molecular complexity index is 350. The van der Waals surface area contributed by atoms with Crippen LogP contribution in [0.3, 0.4) is 0 Å². The Kier molecular flexibility index (Phi) is 6.15. The van der Waals surface area contributed by atoms with Gasteiger partial charge in [-0.3, -0.25) is 4.79 Å². The molecule has 0 heterocycles.